The van der Waals surface area contributed by atoms with Crippen molar-refractivity contribution in [2.75, 3.05) is 6.61 Å². The highest BCUT2D eigenvalue weighted by Crippen LogP contribution is 2.24. The van der Waals surface area contributed by atoms with E-state index in [0.717, 1.165) is 22.4 Å². The minimum atomic E-state index is -0.176. The maximum Gasteiger partial charge on any atom is 0.251 e. The molecular formula is C24H24ClNO3. The molecular weight excluding hydrogens is 386 g/mol. The molecule has 0 unspecified atom stereocenters. The maximum absolute atomic E-state index is 12.6. The molecule has 0 heterocycles. The highest BCUT2D eigenvalue weighted by Gasteiger charge is 2.12. The van der Waals surface area contributed by atoms with Gasteiger partial charge in [0.05, 0.1) is 6.61 Å². The predicted octanol–water partition coefficient (Wildman–Crippen LogP) is 5.56. The molecule has 4 nitrogen and oxygen atoms in total. The Labute approximate surface area is 176 Å². The number of rotatable bonds is 8. The lowest BCUT2D eigenvalue weighted by Crippen LogP contribution is -2.23. The molecule has 5 heteroatoms. The number of amides is 1. The molecule has 0 bridgehead atoms. The molecule has 3 rings (SSSR count). The number of carbonyl (C=O) groups excluding carboxylic acids is 1. The van der Waals surface area contributed by atoms with Crippen molar-refractivity contribution in [3.63, 3.8) is 0 Å². The fourth-order valence-corrected chi connectivity index (χ4v) is 3.13. The molecule has 3 aromatic carbocycles. The molecule has 29 heavy (non-hydrogen) atoms. The topological polar surface area (TPSA) is 47.6 Å². The van der Waals surface area contributed by atoms with Gasteiger partial charge in [0, 0.05) is 22.7 Å². The van der Waals surface area contributed by atoms with Crippen molar-refractivity contribution in [1.82, 2.24) is 5.32 Å². The molecule has 3 aromatic rings. The Hall–Kier alpha value is -2.98. The molecule has 0 aliphatic rings. The quantitative estimate of drug-likeness (QED) is 0.530. The number of para-hydroxylation sites is 1. The number of benzene rings is 3. The van der Waals surface area contributed by atoms with Crippen molar-refractivity contribution in [3.05, 3.63) is 94.0 Å². The lowest BCUT2D eigenvalue weighted by atomic mass is 10.1. The number of ether oxygens (including phenoxy) is 2. The van der Waals surface area contributed by atoms with E-state index >= 15 is 0 Å². The van der Waals surface area contributed by atoms with Crippen molar-refractivity contribution in [1.29, 1.82) is 0 Å². The first-order valence-corrected chi connectivity index (χ1v) is 9.92. The van der Waals surface area contributed by atoms with Crippen molar-refractivity contribution in [2.45, 2.75) is 27.0 Å². The molecule has 0 saturated heterocycles. The third-order valence-corrected chi connectivity index (χ3v) is 4.87. The lowest BCUT2D eigenvalue weighted by Gasteiger charge is -2.14. The maximum atomic E-state index is 12.6. The molecule has 0 aromatic heterocycles. The number of nitrogens with one attached hydrogen (secondary N) is 1. The van der Waals surface area contributed by atoms with Crippen molar-refractivity contribution < 1.29 is 14.3 Å². The lowest BCUT2D eigenvalue weighted by molar-refractivity contribution is 0.0950. The third kappa shape index (κ3) is 5.52. The fraction of sp³-hybridized carbons (Fsp3) is 0.208. The zero-order chi connectivity index (χ0) is 20.6. The van der Waals surface area contributed by atoms with E-state index in [0.29, 0.717) is 36.1 Å². The van der Waals surface area contributed by atoms with Gasteiger partial charge in [0.2, 0.25) is 0 Å². The van der Waals surface area contributed by atoms with Crippen molar-refractivity contribution >= 4 is 17.5 Å². The first-order chi connectivity index (χ1) is 14.1. The second-order valence-corrected chi connectivity index (χ2v) is 6.99. The van der Waals surface area contributed by atoms with Crippen LogP contribution in [0.25, 0.3) is 0 Å². The van der Waals surface area contributed by atoms with Gasteiger partial charge >= 0.3 is 0 Å². The summed E-state index contributed by atoms with van der Waals surface area (Å²) < 4.78 is 11.7. The van der Waals surface area contributed by atoms with Crippen molar-refractivity contribution in [2.24, 2.45) is 0 Å². The van der Waals surface area contributed by atoms with Crippen LogP contribution in [-0.4, -0.2) is 12.5 Å². The van der Waals surface area contributed by atoms with E-state index < -0.39 is 0 Å². The van der Waals surface area contributed by atoms with Gasteiger partial charge in [-0.2, -0.15) is 0 Å². The average molecular weight is 410 g/mol. The summed E-state index contributed by atoms with van der Waals surface area (Å²) >= 11 is 6.16. The number of carbonyl (C=O) groups is 1. The van der Waals surface area contributed by atoms with E-state index in [1.54, 1.807) is 12.1 Å². The third-order valence-electron chi connectivity index (χ3n) is 4.50. The minimum Gasteiger partial charge on any atom is -0.493 e. The molecule has 1 amide bonds. The standard InChI is InChI=1S/C24H24ClNO3/c1-3-28-23-13-12-18(24(27)26-15-19-9-5-6-10-21(19)25)14-20(23)16-29-22-11-7-4-8-17(22)2/h4-14H,3,15-16H2,1-2H3,(H,26,27). The van der Waals surface area contributed by atoms with Crippen LogP contribution in [0.15, 0.2) is 66.7 Å². The fourth-order valence-electron chi connectivity index (χ4n) is 2.92. The minimum absolute atomic E-state index is 0.176. The van der Waals surface area contributed by atoms with Gasteiger partial charge in [0.1, 0.15) is 18.1 Å². The molecule has 0 fully saturated rings. The van der Waals surface area contributed by atoms with E-state index in [4.69, 9.17) is 21.1 Å². The molecule has 0 aliphatic heterocycles. The first kappa shape index (κ1) is 20.7. The van der Waals surface area contributed by atoms with Crippen LogP contribution in [-0.2, 0) is 13.2 Å². The van der Waals surface area contributed by atoms with Gasteiger partial charge in [-0.15, -0.1) is 0 Å². The monoisotopic (exact) mass is 409 g/mol. The zero-order valence-corrected chi connectivity index (χ0v) is 17.3. The summed E-state index contributed by atoms with van der Waals surface area (Å²) in [5.74, 6) is 1.34. The molecule has 0 atom stereocenters. The molecule has 1 N–H and O–H groups in total. The van der Waals surface area contributed by atoms with E-state index in [1.807, 2.05) is 68.4 Å². The number of hydrogen-bond donors (Lipinski definition) is 1. The van der Waals surface area contributed by atoms with Gasteiger partial charge in [-0.05, 0) is 55.3 Å². The van der Waals surface area contributed by atoms with E-state index in [2.05, 4.69) is 5.32 Å². The second kappa shape index (κ2) is 9.99. The SMILES string of the molecule is CCOc1ccc(C(=O)NCc2ccccc2Cl)cc1COc1ccccc1C. The summed E-state index contributed by atoms with van der Waals surface area (Å²) in [6.45, 7) is 5.13. The van der Waals surface area contributed by atoms with Crippen LogP contribution >= 0.6 is 11.6 Å². The van der Waals surface area contributed by atoms with Crippen LogP contribution in [0.5, 0.6) is 11.5 Å². The van der Waals surface area contributed by atoms with Gasteiger partial charge in [0.25, 0.3) is 5.91 Å². The normalized spacial score (nSPS) is 10.4. The van der Waals surface area contributed by atoms with E-state index in [-0.39, 0.29) is 5.91 Å². The van der Waals surface area contributed by atoms with Crippen LogP contribution < -0.4 is 14.8 Å². The number of hydrogen-bond acceptors (Lipinski definition) is 3. The summed E-state index contributed by atoms with van der Waals surface area (Å²) in [6.07, 6.45) is 0. The Morgan fingerprint density at radius 1 is 0.931 bits per heavy atom. The Morgan fingerprint density at radius 3 is 2.45 bits per heavy atom. The van der Waals surface area contributed by atoms with Crippen molar-refractivity contribution in [3.8, 4) is 11.5 Å². The molecule has 150 valence electrons. The number of halogens is 1. The molecule has 0 radical (unpaired) electrons. The largest absolute Gasteiger partial charge is 0.493 e. The molecule has 0 aliphatic carbocycles. The molecule has 0 spiro atoms. The predicted molar refractivity (Wildman–Crippen MR) is 116 cm³/mol. The zero-order valence-electron chi connectivity index (χ0n) is 16.6. The summed E-state index contributed by atoms with van der Waals surface area (Å²) in [5.41, 5.74) is 3.29. The second-order valence-electron chi connectivity index (χ2n) is 6.58. The van der Waals surface area contributed by atoms with Gasteiger partial charge in [-0.25, -0.2) is 0 Å². The Bertz CT molecular complexity index is 987. The van der Waals surface area contributed by atoms with Gasteiger partial charge in [-0.1, -0.05) is 48.0 Å². The van der Waals surface area contributed by atoms with Crippen LogP contribution in [0.3, 0.4) is 0 Å². The van der Waals surface area contributed by atoms with Crippen LogP contribution in [0.4, 0.5) is 0 Å². The number of aryl methyl sites for hydroxylation is 1. The van der Waals surface area contributed by atoms with Gasteiger partial charge in [0.15, 0.2) is 0 Å². The Morgan fingerprint density at radius 2 is 1.69 bits per heavy atom. The highest BCUT2D eigenvalue weighted by atomic mass is 35.5. The van der Waals surface area contributed by atoms with E-state index in [9.17, 15) is 4.79 Å². The highest BCUT2D eigenvalue weighted by molar-refractivity contribution is 6.31. The summed E-state index contributed by atoms with van der Waals surface area (Å²) in [7, 11) is 0. The molecule has 0 saturated carbocycles. The smallest absolute Gasteiger partial charge is 0.251 e. The van der Waals surface area contributed by atoms with E-state index in [1.165, 1.54) is 0 Å². The van der Waals surface area contributed by atoms with Crippen LogP contribution in [0.1, 0.15) is 34.0 Å². The van der Waals surface area contributed by atoms with Crippen LogP contribution in [0, 0.1) is 6.92 Å². The summed E-state index contributed by atoms with van der Waals surface area (Å²) in [4.78, 5) is 12.6. The first-order valence-electron chi connectivity index (χ1n) is 9.54. The Kier molecular flexibility index (Phi) is 7.14. The summed E-state index contributed by atoms with van der Waals surface area (Å²) in [6, 6.07) is 20.7. The van der Waals surface area contributed by atoms with Gasteiger partial charge < -0.3 is 14.8 Å². The average Bonchev–Trinajstić information content (AvgIpc) is 2.73. The van der Waals surface area contributed by atoms with Crippen LogP contribution in [0.2, 0.25) is 5.02 Å². The Balaban J connectivity index is 1.74. The van der Waals surface area contributed by atoms with Gasteiger partial charge in [-0.3, -0.25) is 4.79 Å². The summed E-state index contributed by atoms with van der Waals surface area (Å²) in [5, 5.41) is 3.54.